The van der Waals surface area contributed by atoms with E-state index >= 15 is 0 Å². The predicted octanol–water partition coefficient (Wildman–Crippen LogP) is 1.77. The van der Waals surface area contributed by atoms with Crippen molar-refractivity contribution < 1.29 is 4.79 Å². The maximum Gasteiger partial charge on any atom is 0.235 e. The number of carbonyl (C=O) groups excluding carboxylic acids is 1. The Hall–Kier alpha value is -0.850. The van der Waals surface area contributed by atoms with Crippen LogP contribution in [0.5, 0.6) is 0 Å². The van der Waals surface area contributed by atoms with Crippen LogP contribution in [0.25, 0.3) is 0 Å². The number of hydrogen-bond acceptors (Lipinski definition) is 2. The number of allylic oxidation sites excluding steroid dienone is 2. The maximum absolute atomic E-state index is 9.78. The summed E-state index contributed by atoms with van der Waals surface area (Å²) in [5, 5.41) is 0.706. The summed E-state index contributed by atoms with van der Waals surface area (Å²) in [7, 11) is 0. The van der Waals surface area contributed by atoms with Crippen LogP contribution in [-0.4, -0.2) is 12.1 Å². The fourth-order valence-electron chi connectivity index (χ4n) is 0.746. The van der Waals surface area contributed by atoms with E-state index in [4.69, 9.17) is 11.6 Å². The minimum Gasteiger partial charge on any atom is -0.211 e. The molecule has 1 rings (SSSR count). The molecule has 2 nitrogen and oxygen atoms in total. The second-order valence-electron chi connectivity index (χ2n) is 1.97. The molecule has 52 valence electrons. The molecule has 1 aliphatic carbocycles. The second kappa shape index (κ2) is 3.35. The minimum atomic E-state index is -0.0556. The molecule has 1 unspecified atom stereocenters. The third kappa shape index (κ3) is 1.83. The SMILES string of the molecule is O=C=NC1C=CC(Cl)=CC1. The van der Waals surface area contributed by atoms with E-state index in [9.17, 15) is 4.79 Å². The van der Waals surface area contributed by atoms with Gasteiger partial charge in [0.2, 0.25) is 6.08 Å². The Morgan fingerprint density at radius 1 is 1.80 bits per heavy atom. The van der Waals surface area contributed by atoms with Crippen molar-refractivity contribution in [1.29, 1.82) is 0 Å². The van der Waals surface area contributed by atoms with E-state index in [0.29, 0.717) is 11.5 Å². The monoisotopic (exact) mass is 155 g/mol. The van der Waals surface area contributed by atoms with Gasteiger partial charge in [-0.25, -0.2) is 4.79 Å². The molecule has 0 fully saturated rings. The van der Waals surface area contributed by atoms with Gasteiger partial charge in [-0.05, 0) is 12.5 Å². The van der Waals surface area contributed by atoms with Crippen LogP contribution < -0.4 is 0 Å². The Morgan fingerprint density at radius 2 is 2.60 bits per heavy atom. The number of aliphatic imine (C=N–C) groups is 1. The zero-order chi connectivity index (χ0) is 7.40. The molecule has 10 heavy (non-hydrogen) atoms. The van der Waals surface area contributed by atoms with E-state index in [1.54, 1.807) is 12.2 Å². The van der Waals surface area contributed by atoms with Crippen molar-refractivity contribution in [3.05, 3.63) is 23.3 Å². The van der Waals surface area contributed by atoms with Crippen LogP contribution in [0.1, 0.15) is 6.42 Å². The molecule has 0 aromatic heterocycles. The highest BCUT2D eigenvalue weighted by molar-refractivity contribution is 6.31. The van der Waals surface area contributed by atoms with E-state index in [1.807, 2.05) is 6.08 Å². The van der Waals surface area contributed by atoms with Crippen LogP contribution in [0.15, 0.2) is 28.3 Å². The van der Waals surface area contributed by atoms with Crippen molar-refractivity contribution >= 4 is 17.7 Å². The fraction of sp³-hybridized carbons (Fsp3) is 0.286. The molecule has 0 radical (unpaired) electrons. The molecule has 0 spiro atoms. The molecule has 0 aromatic carbocycles. The lowest BCUT2D eigenvalue weighted by Gasteiger charge is -2.05. The van der Waals surface area contributed by atoms with Gasteiger partial charge in [0, 0.05) is 5.03 Å². The van der Waals surface area contributed by atoms with Gasteiger partial charge in [0.1, 0.15) is 0 Å². The normalized spacial score (nSPS) is 23.3. The summed E-state index contributed by atoms with van der Waals surface area (Å²) < 4.78 is 0. The number of halogens is 1. The Kier molecular flexibility index (Phi) is 2.43. The Bertz CT molecular complexity index is 226. The lowest BCUT2D eigenvalue weighted by Crippen LogP contribution is -2.00. The third-order valence-electron chi connectivity index (χ3n) is 1.25. The van der Waals surface area contributed by atoms with Crippen LogP contribution in [-0.2, 0) is 4.79 Å². The molecule has 1 atom stereocenters. The van der Waals surface area contributed by atoms with Gasteiger partial charge in [0.15, 0.2) is 0 Å². The topological polar surface area (TPSA) is 29.4 Å². The Balaban J connectivity index is 2.60. The first-order valence-corrected chi connectivity index (χ1v) is 3.31. The molecule has 0 bridgehead atoms. The quantitative estimate of drug-likeness (QED) is 0.419. The summed E-state index contributed by atoms with van der Waals surface area (Å²) in [6.45, 7) is 0. The first kappa shape index (κ1) is 7.26. The van der Waals surface area contributed by atoms with Crippen LogP contribution in [0.3, 0.4) is 0 Å². The minimum absolute atomic E-state index is 0.0556. The lowest BCUT2D eigenvalue weighted by molar-refractivity contribution is 0.560. The van der Waals surface area contributed by atoms with E-state index in [0.717, 1.165) is 0 Å². The Labute approximate surface area is 63.9 Å². The molecule has 0 heterocycles. The molecular formula is C7H6ClNO. The molecule has 0 aliphatic heterocycles. The highest BCUT2D eigenvalue weighted by Crippen LogP contribution is 2.14. The maximum atomic E-state index is 9.78. The van der Waals surface area contributed by atoms with Gasteiger partial charge in [-0.15, -0.1) is 0 Å². The number of rotatable bonds is 1. The Morgan fingerprint density at radius 3 is 3.10 bits per heavy atom. The first-order chi connectivity index (χ1) is 4.83. The summed E-state index contributed by atoms with van der Waals surface area (Å²) in [5.41, 5.74) is 0. The first-order valence-electron chi connectivity index (χ1n) is 2.94. The predicted molar refractivity (Wildman–Crippen MR) is 39.6 cm³/mol. The average Bonchev–Trinajstić information content (AvgIpc) is 1.95. The molecule has 0 N–H and O–H groups in total. The molecule has 1 aliphatic rings. The van der Waals surface area contributed by atoms with Gasteiger partial charge < -0.3 is 0 Å². The van der Waals surface area contributed by atoms with Crippen molar-refractivity contribution in [3.63, 3.8) is 0 Å². The highest BCUT2D eigenvalue weighted by atomic mass is 35.5. The van der Waals surface area contributed by atoms with Crippen LogP contribution in [0.2, 0.25) is 0 Å². The lowest BCUT2D eigenvalue weighted by atomic mass is 10.1. The van der Waals surface area contributed by atoms with Crippen molar-refractivity contribution in [2.45, 2.75) is 12.5 Å². The molecule has 0 aromatic rings. The van der Waals surface area contributed by atoms with Crippen molar-refractivity contribution in [1.82, 2.24) is 0 Å². The fourth-order valence-corrected chi connectivity index (χ4v) is 0.908. The number of nitrogens with zero attached hydrogens (tertiary/aromatic N) is 1. The largest absolute Gasteiger partial charge is 0.235 e. The summed E-state index contributed by atoms with van der Waals surface area (Å²) in [5.74, 6) is 0. The van der Waals surface area contributed by atoms with Crippen molar-refractivity contribution in [2.24, 2.45) is 4.99 Å². The third-order valence-corrected chi connectivity index (χ3v) is 1.53. The van der Waals surface area contributed by atoms with E-state index in [-0.39, 0.29) is 6.04 Å². The number of isocyanates is 1. The summed E-state index contributed by atoms with van der Waals surface area (Å²) in [4.78, 5) is 13.3. The van der Waals surface area contributed by atoms with E-state index in [2.05, 4.69) is 4.99 Å². The summed E-state index contributed by atoms with van der Waals surface area (Å²) in [6, 6.07) is -0.0556. The van der Waals surface area contributed by atoms with Gasteiger partial charge in [-0.3, -0.25) is 0 Å². The van der Waals surface area contributed by atoms with Gasteiger partial charge in [0.05, 0.1) is 6.04 Å². The van der Waals surface area contributed by atoms with Crippen molar-refractivity contribution in [2.75, 3.05) is 0 Å². The van der Waals surface area contributed by atoms with Gasteiger partial charge in [-0.1, -0.05) is 23.8 Å². The highest BCUT2D eigenvalue weighted by Gasteiger charge is 2.04. The van der Waals surface area contributed by atoms with Crippen LogP contribution in [0.4, 0.5) is 0 Å². The van der Waals surface area contributed by atoms with Crippen molar-refractivity contribution in [3.8, 4) is 0 Å². The molecular weight excluding hydrogens is 150 g/mol. The molecule has 0 saturated heterocycles. The van der Waals surface area contributed by atoms with E-state index in [1.165, 1.54) is 6.08 Å². The molecule has 3 heteroatoms. The summed E-state index contributed by atoms with van der Waals surface area (Å²) >= 11 is 5.62. The van der Waals surface area contributed by atoms with Crippen LogP contribution in [0, 0.1) is 0 Å². The standard InChI is InChI=1S/C7H6ClNO/c8-6-1-3-7(4-2-6)9-5-10/h1-3,7H,4H2. The summed E-state index contributed by atoms with van der Waals surface area (Å²) in [6.07, 6.45) is 7.55. The average molecular weight is 156 g/mol. The van der Waals surface area contributed by atoms with Crippen LogP contribution >= 0.6 is 11.6 Å². The van der Waals surface area contributed by atoms with Gasteiger partial charge in [0.25, 0.3) is 0 Å². The zero-order valence-electron chi connectivity index (χ0n) is 5.25. The van der Waals surface area contributed by atoms with Gasteiger partial charge in [-0.2, -0.15) is 4.99 Å². The number of hydrogen-bond donors (Lipinski definition) is 0. The van der Waals surface area contributed by atoms with Gasteiger partial charge >= 0.3 is 0 Å². The molecule has 0 amide bonds. The zero-order valence-corrected chi connectivity index (χ0v) is 6.01. The molecule has 0 saturated carbocycles. The smallest absolute Gasteiger partial charge is 0.211 e. The van der Waals surface area contributed by atoms with E-state index < -0.39 is 0 Å². The second-order valence-corrected chi connectivity index (χ2v) is 2.41.